The second-order valence-electron chi connectivity index (χ2n) is 7.59. The molecule has 3 aromatic carbocycles. The van der Waals surface area contributed by atoms with Crippen molar-refractivity contribution >= 4 is 10.9 Å². The molecule has 29 heavy (non-hydrogen) atoms. The highest BCUT2D eigenvalue weighted by Gasteiger charge is 2.14. The van der Waals surface area contributed by atoms with Crippen molar-refractivity contribution in [2.45, 2.75) is 33.0 Å². The molecule has 0 spiro atoms. The van der Waals surface area contributed by atoms with E-state index < -0.39 is 0 Å². The summed E-state index contributed by atoms with van der Waals surface area (Å²) in [6, 6.07) is 24.3. The van der Waals surface area contributed by atoms with Crippen LogP contribution in [-0.2, 0) is 18.0 Å². The average Bonchev–Trinajstić information content (AvgIpc) is 2.76. The summed E-state index contributed by atoms with van der Waals surface area (Å²) in [6.45, 7) is 5.38. The Morgan fingerprint density at radius 3 is 2.38 bits per heavy atom. The van der Waals surface area contributed by atoms with Gasteiger partial charge in [-0.1, -0.05) is 74.5 Å². The van der Waals surface area contributed by atoms with Crippen LogP contribution in [0.4, 0.5) is 0 Å². The lowest BCUT2D eigenvalue weighted by Gasteiger charge is -2.13. The number of hydrogen-bond donors (Lipinski definition) is 1. The SMILES string of the molecule is CC(C)c1ccc(COCc2cc(-c3ccccc3)c(O)c3ncccc23)cc1. The van der Waals surface area contributed by atoms with Gasteiger partial charge in [0, 0.05) is 17.1 Å². The lowest BCUT2D eigenvalue weighted by atomic mass is 9.98. The Morgan fingerprint density at radius 2 is 1.66 bits per heavy atom. The molecule has 3 nitrogen and oxygen atoms in total. The van der Waals surface area contributed by atoms with Crippen molar-refractivity contribution in [1.82, 2.24) is 4.98 Å². The molecule has 1 N–H and O–H groups in total. The number of benzene rings is 3. The minimum atomic E-state index is 0.208. The van der Waals surface area contributed by atoms with Crippen LogP contribution >= 0.6 is 0 Å². The molecule has 0 unspecified atom stereocenters. The molecule has 0 saturated carbocycles. The molecule has 0 fully saturated rings. The quantitative estimate of drug-likeness (QED) is 0.416. The molecule has 1 aromatic heterocycles. The first-order chi connectivity index (χ1) is 14.1. The Hall–Kier alpha value is -3.17. The van der Waals surface area contributed by atoms with Crippen LogP contribution in [0.25, 0.3) is 22.0 Å². The van der Waals surface area contributed by atoms with Gasteiger partial charge in [-0.15, -0.1) is 0 Å². The van der Waals surface area contributed by atoms with Crippen LogP contribution in [0, 0.1) is 0 Å². The molecular weight excluding hydrogens is 358 g/mol. The van der Waals surface area contributed by atoms with Gasteiger partial charge in [0.2, 0.25) is 0 Å². The van der Waals surface area contributed by atoms with Crippen molar-refractivity contribution in [1.29, 1.82) is 0 Å². The van der Waals surface area contributed by atoms with E-state index in [1.54, 1.807) is 6.20 Å². The van der Waals surface area contributed by atoms with Crippen LogP contribution < -0.4 is 0 Å². The maximum absolute atomic E-state index is 10.8. The Morgan fingerprint density at radius 1 is 0.897 bits per heavy atom. The molecule has 3 heteroatoms. The molecule has 0 aliphatic carbocycles. The van der Waals surface area contributed by atoms with E-state index in [2.05, 4.69) is 43.1 Å². The summed E-state index contributed by atoms with van der Waals surface area (Å²) in [4.78, 5) is 4.41. The summed E-state index contributed by atoms with van der Waals surface area (Å²) < 4.78 is 6.04. The molecule has 146 valence electrons. The standard InChI is InChI=1S/C26H25NO2/c1-18(2)20-12-10-19(11-13-20)16-29-17-22-15-24(21-7-4-3-5-8-21)26(28)25-23(22)9-6-14-27-25/h3-15,18,28H,16-17H2,1-2H3. The molecule has 0 saturated heterocycles. The molecule has 4 rings (SSSR count). The first-order valence-corrected chi connectivity index (χ1v) is 9.95. The van der Waals surface area contributed by atoms with Crippen LogP contribution in [0.1, 0.15) is 36.5 Å². The van der Waals surface area contributed by atoms with Gasteiger partial charge < -0.3 is 9.84 Å². The highest BCUT2D eigenvalue weighted by molar-refractivity contribution is 5.94. The van der Waals surface area contributed by atoms with Crippen molar-refractivity contribution in [3.8, 4) is 16.9 Å². The summed E-state index contributed by atoms with van der Waals surface area (Å²) in [5.41, 5.74) is 5.84. The van der Waals surface area contributed by atoms with E-state index in [0.717, 1.165) is 27.6 Å². The molecule has 0 aliphatic rings. The van der Waals surface area contributed by atoms with Crippen LogP contribution in [0.2, 0.25) is 0 Å². The molecule has 0 aliphatic heterocycles. The second-order valence-corrected chi connectivity index (χ2v) is 7.59. The van der Waals surface area contributed by atoms with Gasteiger partial charge in [0.15, 0.2) is 0 Å². The van der Waals surface area contributed by atoms with Gasteiger partial charge in [-0.2, -0.15) is 0 Å². The monoisotopic (exact) mass is 383 g/mol. The van der Waals surface area contributed by atoms with E-state index in [0.29, 0.717) is 24.6 Å². The lowest BCUT2D eigenvalue weighted by Crippen LogP contribution is -1.98. The molecule has 4 aromatic rings. The van der Waals surface area contributed by atoms with Crippen LogP contribution in [0.3, 0.4) is 0 Å². The predicted octanol–water partition coefficient (Wildman–Crippen LogP) is 6.45. The van der Waals surface area contributed by atoms with Crippen LogP contribution in [-0.4, -0.2) is 10.1 Å². The van der Waals surface area contributed by atoms with Gasteiger partial charge >= 0.3 is 0 Å². The number of pyridine rings is 1. The number of phenolic OH excluding ortho intramolecular Hbond substituents is 1. The average molecular weight is 383 g/mol. The van der Waals surface area contributed by atoms with Crippen molar-refractivity contribution in [2.75, 3.05) is 0 Å². The van der Waals surface area contributed by atoms with E-state index in [4.69, 9.17) is 4.74 Å². The Bertz CT molecular complexity index is 1100. The highest BCUT2D eigenvalue weighted by atomic mass is 16.5. The van der Waals surface area contributed by atoms with E-state index >= 15 is 0 Å². The van der Waals surface area contributed by atoms with Gasteiger partial charge in [-0.3, -0.25) is 4.98 Å². The highest BCUT2D eigenvalue weighted by Crippen LogP contribution is 2.37. The number of fused-ring (bicyclic) bond motifs is 1. The topological polar surface area (TPSA) is 42.4 Å². The number of phenols is 1. The van der Waals surface area contributed by atoms with Crippen molar-refractivity contribution in [3.05, 3.63) is 95.7 Å². The third-order valence-electron chi connectivity index (χ3n) is 5.21. The van der Waals surface area contributed by atoms with E-state index in [9.17, 15) is 5.11 Å². The minimum absolute atomic E-state index is 0.208. The van der Waals surface area contributed by atoms with Crippen molar-refractivity contribution < 1.29 is 9.84 Å². The maximum atomic E-state index is 10.8. The molecule has 1 heterocycles. The number of rotatable bonds is 6. The third kappa shape index (κ3) is 4.15. The van der Waals surface area contributed by atoms with Crippen molar-refractivity contribution in [2.24, 2.45) is 0 Å². The van der Waals surface area contributed by atoms with Gasteiger partial charge in [0.25, 0.3) is 0 Å². The molecule has 0 radical (unpaired) electrons. The maximum Gasteiger partial charge on any atom is 0.149 e. The van der Waals surface area contributed by atoms with E-state index in [-0.39, 0.29) is 5.75 Å². The fourth-order valence-corrected chi connectivity index (χ4v) is 3.54. The number of aromatic nitrogens is 1. The van der Waals surface area contributed by atoms with Gasteiger partial charge in [-0.25, -0.2) is 0 Å². The van der Waals surface area contributed by atoms with Crippen molar-refractivity contribution in [3.63, 3.8) is 0 Å². The number of nitrogens with zero attached hydrogens (tertiary/aromatic N) is 1. The summed E-state index contributed by atoms with van der Waals surface area (Å²) in [5.74, 6) is 0.733. The van der Waals surface area contributed by atoms with Gasteiger partial charge in [0.05, 0.1) is 13.2 Å². The summed E-state index contributed by atoms with van der Waals surface area (Å²) in [6.07, 6.45) is 1.71. The Kier molecular flexibility index (Phi) is 5.59. The van der Waals surface area contributed by atoms with Crippen LogP contribution in [0.15, 0.2) is 79.0 Å². The smallest absolute Gasteiger partial charge is 0.149 e. The second kappa shape index (κ2) is 8.46. The zero-order valence-electron chi connectivity index (χ0n) is 16.8. The Labute approximate surface area is 171 Å². The molecule has 0 amide bonds. The summed E-state index contributed by atoms with van der Waals surface area (Å²) in [5, 5.41) is 11.7. The summed E-state index contributed by atoms with van der Waals surface area (Å²) in [7, 11) is 0. The normalized spacial score (nSPS) is 11.3. The van der Waals surface area contributed by atoms with Crippen LogP contribution in [0.5, 0.6) is 5.75 Å². The molecule has 0 bridgehead atoms. The first-order valence-electron chi connectivity index (χ1n) is 9.95. The number of hydrogen-bond acceptors (Lipinski definition) is 3. The largest absolute Gasteiger partial charge is 0.505 e. The first kappa shape index (κ1) is 19.2. The van der Waals surface area contributed by atoms with E-state index in [1.807, 2.05) is 48.5 Å². The molecular formula is C26H25NO2. The summed E-state index contributed by atoms with van der Waals surface area (Å²) >= 11 is 0. The fraction of sp³-hybridized carbons (Fsp3) is 0.192. The molecule has 0 atom stereocenters. The zero-order chi connectivity index (χ0) is 20.2. The predicted molar refractivity (Wildman–Crippen MR) is 118 cm³/mol. The fourth-order valence-electron chi connectivity index (χ4n) is 3.54. The van der Waals surface area contributed by atoms with Gasteiger partial charge in [-0.05, 0) is 40.3 Å². The zero-order valence-corrected chi connectivity index (χ0v) is 16.8. The van der Waals surface area contributed by atoms with Gasteiger partial charge in [0.1, 0.15) is 11.3 Å². The van der Waals surface area contributed by atoms with E-state index in [1.165, 1.54) is 5.56 Å². The number of ether oxygens (including phenoxy) is 1. The minimum Gasteiger partial charge on any atom is -0.505 e. The Balaban J connectivity index is 1.60. The third-order valence-corrected chi connectivity index (χ3v) is 5.21. The number of aromatic hydroxyl groups is 1. The lowest BCUT2D eigenvalue weighted by molar-refractivity contribution is 0.108.